The van der Waals surface area contributed by atoms with Gasteiger partial charge in [0.2, 0.25) is 0 Å². The van der Waals surface area contributed by atoms with Crippen LogP contribution in [0.3, 0.4) is 0 Å². The molecule has 0 spiro atoms. The van der Waals surface area contributed by atoms with E-state index in [1.807, 2.05) is 20.8 Å². The lowest BCUT2D eigenvalue weighted by molar-refractivity contribution is 0.0491. The highest BCUT2D eigenvalue weighted by Gasteiger charge is 2.23. The first-order valence-electron chi connectivity index (χ1n) is 11.4. The van der Waals surface area contributed by atoms with Crippen molar-refractivity contribution in [3.63, 3.8) is 0 Å². The van der Waals surface area contributed by atoms with E-state index in [2.05, 4.69) is 70.0 Å². The van der Waals surface area contributed by atoms with E-state index in [1.54, 1.807) is 7.05 Å². The summed E-state index contributed by atoms with van der Waals surface area (Å²) in [4.78, 5) is 19.0. The van der Waals surface area contributed by atoms with Crippen LogP contribution in [0, 0.1) is 5.92 Å². The van der Waals surface area contributed by atoms with Gasteiger partial charge in [-0.15, -0.1) is 0 Å². The highest BCUT2D eigenvalue weighted by molar-refractivity contribution is 5.80. The molecule has 1 heterocycles. The summed E-state index contributed by atoms with van der Waals surface area (Å²) < 4.78 is 5.40. The van der Waals surface area contributed by atoms with Crippen molar-refractivity contribution < 1.29 is 9.53 Å². The molecule has 7 nitrogen and oxygen atoms in total. The molecule has 1 aliphatic rings. The fourth-order valence-electron chi connectivity index (χ4n) is 3.58. The van der Waals surface area contributed by atoms with E-state index in [1.165, 1.54) is 5.56 Å². The molecule has 0 saturated carbocycles. The van der Waals surface area contributed by atoms with Crippen molar-refractivity contribution in [3.8, 4) is 0 Å². The zero-order valence-electron chi connectivity index (χ0n) is 20.1. The summed E-state index contributed by atoms with van der Waals surface area (Å²) in [7, 11) is 1.78. The Kier molecular flexibility index (Phi) is 9.62. The second kappa shape index (κ2) is 11.9. The van der Waals surface area contributed by atoms with Crippen LogP contribution in [0.5, 0.6) is 0 Å². The first-order chi connectivity index (χ1) is 14.7. The standard InChI is InChI=1S/C24H41N5O2/c1-18(2)21(28-23(30)31-24(3,4)5)16-26-22(25-6)27-20-12-14-29(15-13-20)17-19-10-8-7-9-11-19/h7-11,18,20-21H,12-17H2,1-6H3,(H,28,30)(H2,25,26,27). The SMILES string of the molecule is CN=C(NCC(NC(=O)OC(C)(C)C)C(C)C)NC1CCN(Cc2ccccc2)CC1. The highest BCUT2D eigenvalue weighted by Crippen LogP contribution is 2.14. The summed E-state index contributed by atoms with van der Waals surface area (Å²) in [6.45, 7) is 13.5. The van der Waals surface area contributed by atoms with Crippen LogP contribution in [0.1, 0.15) is 53.0 Å². The minimum absolute atomic E-state index is 0.0545. The van der Waals surface area contributed by atoms with Crippen molar-refractivity contribution >= 4 is 12.1 Å². The normalized spacial score (nSPS) is 17.3. The molecule has 31 heavy (non-hydrogen) atoms. The number of amides is 1. The Morgan fingerprint density at radius 2 is 1.84 bits per heavy atom. The Morgan fingerprint density at radius 3 is 2.39 bits per heavy atom. The monoisotopic (exact) mass is 431 g/mol. The van der Waals surface area contributed by atoms with E-state index >= 15 is 0 Å². The summed E-state index contributed by atoms with van der Waals surface area (Å²) in [5.41, 5.74) is 0.857. The third kappa shape index (κ3) is 9.59. The Morgan fingerprint density at radius 1 is 1.19 bits per heavy atom. The lowest BCUT2D eigenvalue weighted by atomic mass is 10.0. The number of nitrogens with zero attached hydrogens (tertiary/aromatic N) is 2. The molecule has 7 heteroatoms. The lowest BCUT2D eigenvalue weighted by Gasteiger charge is -2.33. The number of rotatable bonds is 7. The number of piperidine rings is 1. The van der Waals surface area contributed by atoms with E-state index in [4.69, 9.17) is 4.74 Å². The summed E-state index contributed by atoms with van der Waals surface area (Å²) in [5.74, 6) is 1.04. The molecule has 1 aromatic carbocycles. The number of benzene rings is 1. The molecule has 1 fully saturated rings. The Balaban J connectivity index is 1.76. The third-order valence-electron chi connectivity index (χ3n) is 5.40. The van der Waals surface area contributed by atoms with Crippen molar-refractivity contribution in [1.29, 1.82) is 0 Å². The average Bonchev–Trinajstić information content (AvgIpc) is 2.70. The van der Waals surface area contributed by atoms with Gasteiger partial charge in [0.1, 0.15) is 5.60 Å². The molecule has 1 atom stereocenters. The summed E-state index contributed by atoms with van der Waals surface area (Å²) in [6, 6.07) is 11.0. The number of ether oxygens (including phenoxy) is 1. The van der Waals surface area contributed by atoms with Crippen LogP contribution in [0.25, 0.3) is 0 Å². The molecule has 0 radical (unpaired) electrons. The molecule has 1 aliphatic heterocycles. The van der Waals surface area contributed by atoms with Crippen LogP contribution >= 0.6 is 0 Å². The predicted octanol–water partition coefficient (Wildman–Crippen LogP) is 3.37. The molecule has 1 unspecified atom stereocenters. The van der Waals surface area contributed by atoms with Crippen LogP contribution in [-0.2, 0) is 11.3 Å². The third-order valence-corrected chi connectivity index (χ3v) is 5.40. The van der Waals surface area contributed by atoms with Crippen LogP contribution in [0.4, 0.5) is 4.79 Å². The number of aliphatic imine (C=N–C) groups is 1. The second-order valence-corrected chi connectivity index (χ2v) is 9.63. The number of carbonyl (C=O) groups is 1. The molecular weight excluding hydrogens is 390 g/mol. The molecule has 0 bridgehead atoms. The lowest BCUT2D eigenvalue weighted by Crippen LogP contribution is -2.53. The zero-order chi connectivity index (χ0) is 22.9. The molecule has 1 amide bonds. The first kappa shape index (κ1) is 25.0. The Bertz CT molecular complexity index is 692. The highest BCUT2D eigenvalue weighted by atomic mass is 16.6. The topological polar surface area (TPSA) is 78.0 Å². The van der Waals surface area contributed by atoms with Crippen molar-refractivity contribution in [2.45, 2.75) is 71.7 Å². The van der Waals surface area contributed by atoms with E-state index in [0.29, 0.717) is 12.6 Å². The van der Waals surface area contributed by atoms with Crippen LogP contribution < -0.4 is 16.0 Å². The van der Waals surface area contributed by atoms with Gasteiger partial charge in [-0.1, -0.05) is 44.2 Å². The van der Waals surface area contributed by atoms with Crippen molar-refractivity contribution in [1.82, 2.24) is 20.9 Å². The minimum atomic E-state index is -0.508. The van der Waals surface area contributed by atoms with Gasteiger partial charge < -0.3 is 20.7 Å². The average molecular weight is 432 g/mol. The molecule has 3 N–H and O–H groups in total. The Hall–Kier alpha value is -2.28. The predicted molar refractivity (Wildman–Crippen MR) is 127 cm³/mol. The summed E-state index contributed by atoms with van der Waals surface area (Å²) in [5, 5.41) is 9.89. The molecule has 0 aromatic heterocycles. The van der Waals surface area contributed by atoms with Crippen molar-refractivity contribution in [3.05, 3.63) is 35.9 Å². The summed E-state index contributed by atoms with van der Waals surface area (Å²) >= 11 is 0. The molecule has 0 aliphatic carbocycles. The largest absolute Gasteiger partial charge is 0.444 e. The van der Waals surface area contributed by atoms with Gasteiger partial charge in [-0.3, -0.25) is 9.89 Å². The second-order valence-electron chi connectivity index (χ2n) is 9.63. The van der Waals surface area contributed by atoms with Crippen molar-refractivity contribution in [2.24, 2.45) is 10.9 Å². The fourth-order valence-corrected chi connectivity index (χ4v) is 3.58. The smallest absolute Gasteiger partial charge is 0.407 e. The minimum Gasteiger partial charge on any atom is -0.444 e. The van der Waals surface area contributed by atoms with E-state index in [-0.39, 0.29) is 18.1 Å². The van der Waals surface area contributed by atoms with E-state index in [9.17, 15) is 4.79 Å². The molecular formula is C24H41N5O2. The number of alkyl carbamates (subject to hydrolysis) is 1. The summed E-state index contributed by atoms with van der Waals surface area (Å²) in [6.07, 6.45) is 1.77. The van der Waals surface area contributed by atoms with Gasteiger partial charge in [0.05, 0.1) is 6.04 Å². The van der Waals surface area contributed by atoms with Gasteiger partial charge in [-0.2, -0.15) is 0 Å². The number of carbonyl (C=O) groups excluding carboxylic acids is 1. The van der Waals surface area contributed by atoms with Crippen LogP contribution in [-0.4, -0.2) is 61.3 Å². The van der Waals surface area contributed by atoms with Gasteiger partial charge in [0.25, 0.3) is 0 Å². The fraction of sp³-hybridized carbons (Fsp3) is 0.667. The van der Waals surface area contributed by atoms with E-state index in [0.717, 1.165) is 38.4 Å². The van der Waals surface area contributed by atoms with Crippen LogP contribution in [0.2, 0.25) is 0 Å². The van der Waals surface area contributed by atoms with Gasteiger partial charge in [-0.05, 0) is 45.1 Å². The number of hydrogen-bond donors (Lipinski definition) is 3. The van der Waals surface area contributed by atoms with Gasteiger partial charge in [-0.25, -0.2) is 4.79 Å². The van der Waals surface area contributed by atoms with Gasteiger partial charge in [0.15, 0.2) is 5.96 Å². The van der Waals surface area contributed by atoms with E-state index < -0.39 is 5.60 Å². The van der Waals surface area contributed by atoms with Crippen LogP contribution in [0.15, 0.2) is 35.3 Å². The number of likely N-dealkylation sites (tertiary alicyclic amines) is 1. The first-order valence-corrected chi connectivity index (χ1v) is 11.4. The maximum absolute atomic E-state index is 12.2. The number of nitrogens with one attached hydrogen (secondary N) is 3. The number of guanidine groups is 1. The molecule has 174 valence electrons. The maximum atomic E-state index is 12.2. The van der Waals surface area contributed by atoms with Gasteiger partial charge in [0, 0.05) is 39.3 Å². The van der Waals surface area contributed by atoms with Gasteiger partial charge >= 0.3 is 6.09 Å². The zero-order valence-corrected chi connectivity index (χ0v) is 20.1. The molecule has 1 saturated heterocycles. The molecule has 2 rings (SSSR count). The maximum Gasteiger partial charge on any atom is 0.407 e. The number of hydrogen-bond acceptors (Lipinski definition) is 4. The Labute approximate surface area is 188 Å². The van der Waals surface area contributed by atoms with Crippen molar-refractivity contribution in [2.75, 3.05) is 26.7 Å². The quantitative estimate of drug-likeness (QED) is 0.456. The molecule has 1 aromatic rings.